The minimum atomic E-state index is -1.50. The van der Waals surface area contributed by atoms with Crippen molar-refractivity contribution in [1.29, 1.82) is 5.26 Å². The summed E-state index contributed by atoms with van der Waals surface area (Å²) >= 11 is 0. The highest BCUT2D eigenvalue weighted by Gasteiger charge is 2.25. The van der Waals surface area contributed by atoms with Crippen molar-refractivity contribution >= 4 is 23.3 Å². The van der Waals surface area contributed by atoms with Crippen LogP contribution in [0.15, 0.2) is 18.2 Å². The molecule has 0 unspecified atom stereocenters. The van der Waals surface area contributed by atoms with Gasteiger partial charge >= 0.3 is 11.9 Å². The van der Waals surface area contributed by atoms with Gasteiger partial charge in [0.05, 0.1) is 16.9 Å². The number of hydrogen-bond acceptors (Lipinski definition) is 4. The zero-order chi connectivity index (χ0) is 21.5. The summed E-state index contributed by atoms with van der Waals surface area (Å²) in [6.45, 7) is 5.34. The summed E-state index contributed by atoms with van der Waals surface area (Å²) in [5, 5.41) is 22.2. The van der Waals surface area contributed by atoms with Crippen LogP contribution in [0.25, 0.3) is 0 Å². The number of anilines is 2. The first-order chi connectivity index (χ1) is 14.1. The Hall–Kier alpha value is -2.55. The number of carboxylic acids is 1. The predicted molar refractivity (Wildman–Crippen MR) is 117 cm³/mol. The van der Waals surface area contributed by atoms with E-state index in [1.165, 1.54) is 24.2 Å². The van der Waals surface area contributed by atoms with Crippen LogP contribution >= 0.6 is 0 Å². The van der Waals surface area contributed by atoms with Gasteiger partial charge in [0.15, 0.2) is 0 Å². The number of unbranched alkanes of at least 4 members (excludes halogenated alkanes) is 8. The molecule has 0 heterocycles. The van der Waals surface area contributed by atoms with Crippen LogP contribution in [0.4, 0.5) is 11.4 Å². The smallest absolute Gasteiger partial charge is 0.394 e. The molecular weight excluding hydrogens is 366 g/mol. The second-order valence-electron chi connectivity index (χ2n) is 7.33. The fourth-order valence-electron chi connectivity index (χ4n) is 3.30. The van der Waals surface area contributed by atoms with Gasteiger partial charge in [0, 0.05) is 13.1 Å². The molecule has 0 aliphatic heterocycles. The second kappa shape index (κ2) is 14.4. The van der Waals surface area contributed by atoms with Crippen LogP contribution in [0, 0.1) is 11.3 Å². The summed E-state index contributed by atoms with van der Waals surface area (Å²) in [6, 6.07) is 7.37. The first-order valence-electron chi connectivity index (χ1n) is 10.9. The number of rotatable bonds is 14. The molecule has 6 nitrogen and oxygen atoms in total. The van der Waals surface area contributed by atoms with Gasteiger partial charge in [-0.15, -0.1) is 0 Å². The standard InChI is InChI=1S/C23H35N3O3/c1-3-5-7-9-11-16-25-20-14-13-15-21(19(20)18-24)26(22(27)23(28)29)17-12-10-8-6-4-2/h13-15,25H,3-12,16-17H2,1-2H3,(H,28,29). The predicted octanol–water partition coefficient (Wildman–Crippen LogP) is 5.33. The molecule has 0 aromatic heterocycles. The summed E-state index contributed by atoms with van der Waals surface area (Å²) in [5.74, 6) is -2.49. The van der Waals surface area contributed by atoms with Gasteiger partial charge in [-0.25, -0.2) is 4.79 Å². The van der Waals surface area contributed by atoms with Crippen molar-refractivity contribution in [3.63, 3.8) is 0 Å². The summed E-state index contributed by atoms with van der Waals surface area (Å²) in [5.41, 5.74) is 1.34. The van der Waals surface area contributed by atoms with E-state index in [1.54, 1.807) is 18.2 Å². The summed E-state index contributed by atoms with van der Waals surface area (Å²) in [4.78, 5) is 24.9. The lowest BCUT2D eigenvalue weighted by Gasteiger charge is -2.23. The van der Waals surface area contributed by atoms with Gasteiger partial charge in [0.1, 0.15) is 6.07 Å². The number of nitrogens with one attached hydrogen (secondary N) is 1. The lowest BCUT2D eigenvalue weighted by molar-refractivity contribution is -0.148. The van der Waals surface area contributed by atoms with E-state index < -0.39 is 11.9 Å². The zero-order valence-electron chi connectivity index (χ0n) is 17.9. The van der Waals surface area contributed by atoms with Crippen molar-refractivity contribution in [3.05, 3.63) is 23.8 Å². The molecule has 1 rings (SSSR count). The number of nitrogens with zero attached hydrogens (tertiary/aromatic N) is 2. The number of benzene rings is 1. The van der Waals surface area contributed by atoms with Crippen LogP contribution in [-0.2, 0) is 9.59 Å². The van der Waals surface area contributed by atoms with Crippen LogP contribution in [0.3, 0.4) is 0 Å². The molecule has 160 valence electrons. The highest BCUT2D eigenvalue weighted by molar-refractivity contribution is 6.37. The Labute approximate surface area is 174 Å². The molecule has 0 atom stereocenters. The molecular formula is C23H35N3O3. The van der Waals surface area contributed by atoms with E-state index in [0.717, 1.165) is 45.1 Å². The maximum absolute atomic E-state index is 12.3. The van der Waals surface area contributed by atoms with Crippen LogP contribution in [0.1, 0.15) is 83.6 Å². The zero-order valence-corrected chi connectivity index (χ0v) is 17.9. The average molecular weight is 402 g/mol. The number of nitriles is 1. The molecule has 0 fully saturated rings. The van der Waals surface area contributed by atoms with Crippen molar-refractivity contribution in [2.24, 2.45) is 0 Å². The first-order valence-corrected chi connectivity index (χ1v) is 10.9. The number of carboxylic acid groups (broad SMARTS) is 1. The first kappa shape index (κ1) is 24.5. The Balaban J connectivity index is 2.89. The van der Waals surface area contributed by atoms with Crippen molar-refractivity contribution < 1.29 is 14.7 Å². The highest BCUT2D eigenvalue weighted by atomic mass is 16.4. The Morgan fingerprint density at radius 1 is 1.00 bits per heavy atom. The fourth-order valence-corrected chi connectivity index (χ4v) is 3.30. The highest BCUT2D eigenvalue weighted by Crippen LogP contribution is 2.28. The lowest BCUT2D eigenvalue weighted by Crippen LogP contribution is -2.38. The Bertz CT molecular complexity index is 682. The minimum Gasteiger partial charge on any atom is -0.474 e. The molecule has 0 bridgehead atoms. The number of aliphatic carboxylic acids is 1. The molecule has 29 heavy (non-hydrogen) atoms. The van der Waals surface area contributed by atoms with Crippen molar-refractivity contribution in [3.8, 4) is 6.07 Å². The average Bonchev–Trinajstić information content (AvgIpc) is 2.72. The molecule has 6 heteroatoms. The van der Waals surface area contributed by atoms with Gasteiger partial charge in [-0.05, 0) is 25.0 Å². The molecule has 0 aliphatic carbocycles. The third-order valence-electron chi connectivity index (χ3n) is 4.95. The van der Waals surface area contributed by atoms with Crippen LogP contribution < -0.4 is 10.2 Å². The van der Waals surface area contributed by atoms with Gasteiger partial charge in [0.25, 0.3) is 0 Å². The van der Waals surface area contributed by atoms with Gasteiger partial charge in [-0.1, -0.05) is 71.3 Å². The molecule has 0 spiro atoms. The maximum atomic E-state index is 12.3. The van der Waals surface area contributed by atoms with Gasteiger partial charge in [-0.2, -0.15) is 5.26 Å². The van der Waals surface area contributed by atoms with E-state index in [9.17, 15) is 20.0 Å². The van der Waals surface area contributed by atoms with Crippen molar-refractivity contribution in [2.45, 2.75) is 78.1 Å². The summed E-state index contributed by atoms with van der Waals surface area (Å²) in [6.07, 6.45) is 10.7. The van der Waals surface area contributed by atoms with Gasteiger partial charge in [-0.3, -0.25) is 4.79 Å². The fraction of sp³-hybridized carbons (Fsp3) is 0.609. The number of carbonyl (C=O) groups is 2. The molecule has 1 aromatic carbocycles. The number of hydrogen-bond donors (Lipinski definition) is 2. The summed E-state index contributed by atoms with van der Waals surface area (Å²) in [7, 11) is 0. The molecule has 0 saturated carbocycles. The van der Waals surface area contributed by atoms with E-state index in [1.807, 2.05) is 0 Å². The van der Waals surface area contributed by atoms with Gasteiger partial charge in [0.2, 0.25) is 0 Å². The second-order valence-corrected chi connectivity index (χ2v) is 7.33. The van der Waals surface area contributed by atoms with Crippen LogP contribution in [-0.4, -0.2) is 30.1 Å². The SMILES string of the molecule is CCCCCCCNc1cccc(N(CCCCCCC)C(=O)C(=O)O)c1C#N. The Morgan fingerprint density at radius 3 is 2.21 bits per heavy atom. The molecule has 2 N–H and O–H groups in total. The summed E-state index contributed by atoms with van der Waals surface area (Å²) < 4.78 is 0. The Kier molecular flexibility index (Phi) is 12.2. The minimum absolute atomic E-state index is 0.296. The van der Waals surface area contributed by atoms with Crippen LogP contribution in [0.2, 0.25) is 0 Å². The third kappa shape index (κ3) is 8.55. The molecule has 0 aliphatic rings. The van der Waals surface area contributed by atoms with Crippen molar-refractivity contribution in [1.82, 2.24) is 0 Å². The quantitative estimate of drug-likeness (QED) is 0.325. The monoisotopic (exact) mass is 401 g/mol. The largest absolute Gasteiger partial charge is 0.474 e. The number of carbonyl (C=O) groups excluding carboxylic acids is 1. The van der Waals surface area contributed by atoms with Crippen LogP contribution in [0.5, 0.6) is 0 Å². The topological polar surface area (TPSA) is 93.4 Å². The van der Waals surface area contributed by atoms with E-state index in [4.69, 9.17) is 0 Å². The van der Waals surface area contributed by atoms with E-state index in [-0.39, 0.29) is 0 Å². The van der Waals surface area contributed by atoms with Gasteiger partial charge < -0.3 is 15.3 Å². The normalized spacial score (nSPS) is 10.4. The number of amides is 1. The van der Waals surface area contributed by atoms with E-state index in [2.05, 4.69) is 25.2 Å². The molecule has 1 aromatic rings. The van der Waals surface area contributed by atoms with E-state index in [0.29, 0.717) is 29.9 Å². The third-order valence-corrected chi connectivity index (χ3v) is 4.95. The molecule has 0 saturated heterocycles. The molecule has 0 radical (unpaired) electrons. The van der Waals surface area contributed by atoms with E-state index >= 15 is 0 Å². The van der Waals surface area contributed by atoms with Crippen molar-refractivity contribution in [2.75, 3.05) is 23.3 Å². The lowest BCUT2D eigenvalue weighted by atomic mass is 10.1. The molecule has 1 amide bonds. The Morgan fingerprint density at radius 2 is 1.62 bits per heavy atom. The maximum Gasteiger partial charge on any atom is 0.394 e.